The summed E-state index contributed by atoms with van der Waals surface area (Å²) in [7, 11) is 1.41. The van der Waals surface area contributed by atoms with Gasteiger partial charge < -0.3 is 15.0 Å². The summed E-state index contributed by atoms with van der Waals surface area (Å²) in [6.45, 7) is 0.493. The van der Waals surface area contributed by atoms with Crippen molar-refractivity contribution in [2.24, 2.45) is 5.92 Å². The molecule has 1 N–H and O–H groups in total. The minimum Gasteiger partial charge on any atom is -0.469 e. The summed E-state index contributed by atoms with van der Waals surface area (Å²) >= 11 is 6.23. The summed E-state index contributed by atoms with van der Waals surface area (Å²) in [5.74, 6) is -1.15. The van der Waals surface area contributed by atoms with Gasteiger partial charge in [0.25, 0.3) is 5.91 Å². The number of methoxy groups -OCH3 is 1. The zero-order chi connectivity index (χ0) is 27.4. The van der Waals surface area contributed by atoms with Crippen LogP contribution >= 0.6 is 11.6 Å². The van der Waals surface area contributed by atoms with Crippen molar-refractivity contribution in [2.45, 2.75) is 50.1 Å². The van der Waals surface area contributed by atoms with Gasteiger partial charge in [0, 0.05) is 23.2 Å². The molecule has 1 aliphatic heterocycles. The summed E-state index contributed by atoms with van der Waals surface area (Å²) < 4.78 is 4.97. The average molecular weight is 545 g/mol. The first-order valence-corrected chi connectivity index (χ1v) is 13.9. The Morgan fingerprint density at radius 1 is 0.923 bits per heavy atom. The van der Waals surface area contributed by atoms with Gasteiger partial charge in [-0.15, -0.1) is 0 Å². The van der Waals surface area contributed by atoms with E-state index in [1.54, 1.807) is 12.1 Å². The summed E-state index contributed by atoms with van der Waals surface area (Å²) in [4.78, 5) is 42.1. The van der Waals surface area contributed by atoms with Gasteiger partial charge in [-0.3, -0.25) is 14.4 Å². The number of ether oxygens (including phenoxy) is 1. The summed E-state index contributed by atoms with van der Waals surface area (Å²) in [6.07, 6.45) is 3.33. The van der Waals surface area contributed by atoms with Gasteiger partial charge in [0.05, 0.1) is 25.0 Å². The topological polar surface area (TPSA) is 75.7 Å². The van der Waals surface area contributed by atoms with Crippen molar-refractivity contribution in [3.63, 3.8) is 0 Å². The summed E-state index contributed by atoms with van der Waals surface area (Å²) in [5, 5.41) is 3.75. The van der Waals surface area contributed by atoms with E-state index >= 15 is 0 Å². The molecule has 7 heteroatoms. The molecule has 1 heterocycles. The third-order valence-electron chi connectivity index (χ3n) is 8.05. The quantitative estimate of drug-likeness (QED) is 0.386. The first kappa shape index (κ1) is 26.9. The minimum atomic E-state index is -0.589. The molecule has 0 spiro atoms. The largest absolute Gasteiger partial charge is 0.469 e. The lowest BCUT2D eigenvalue weighted by atomic mass is 9.76. The molecule has 1 saturated carbocycles. The predicted octanol–water partition coefficient (Wildman–Crippen LogP) is 5.71. The number of carbonyl (C=O) groups is 3. The normalized spacial score (nSPS) is 22.6. The number of amides is 2. The number of halogens is 1. The zero-order valence-corrected chi connectivity index (χ0v) is 22.8. The third kappa shape index (κ3) is 5.71. The van der Waals surface area contributed by atoms with E-state index in [9.17, 15) is 14.4 Å². The van der Waals surface area contributed by atoms with Crippen molar-refractivity contribution in [3.8, 4) is 0 Å². The van der Waals surface area contributed by atoms with Gasteiger partial charge in [0.2, 0.25) is 5.91 Å². The van der Waals surface area contributed by atoms with Crippen LogP contribution in [0.2, 0.25) is 5.02 Å². The van der Waals surface area contributed by atoms with E-state index in [4.69, 9.17) is 16.3 Å². The Hall–Kier alpha value is -3.64. The van der Waals surface area contributed by atoms with Crippen molar-refractivity contribution in [3.05, 3.63) is 106 Å². The molecule has 5 rings (SSSR count). The van der Waals surface area contributed by atoms with Crippen molar-refractivity contribution in [2.75, 3.05) is 13.7 Å². The second-order valence-electron chi connectivity index (χ2n) is 10.3. The minimum absolute atomic E-state index is 0.0830. The zero-order valence-electron chi connectivity index (χ0n) is 22.0. The number of nitrogens with one attached hydrogen (secondary N) is 1. The molecule has 202 valence electrons. The molecule has 1 aliphatic carbocycles. The Balaban J connectivity index is 1.49. The number of nitrogens with zero attached hydrogens (tertiary/aromatic N) is 1. The monoisotopic (exact) mass is 544 g/mol. The standard InChI is InChI=1S/C32H33ClN2O4/c1-39-32(38)23-13-17-25(18-14-23)35-29(22-11-15-24(33)16-12-22)28(26-9-5-6-10-27(26)31(35)37)30(36)34-20-19-21-7-3-2-4-8-21/h2-12,15-16,23,25,28-29H,13-14,17-20H2,1H3,(H,34,36)/t23?,25?,28-,29+/m1/s1. The molecule has 6 nitrogen and oxygen atoms in total. The maximum atomic E-state index is 14.1. The van der Waals surface area contributed by atoms with Crippen LogP contribution in [-0.2, 0) is 20.7 Å². The van der Waals surface area contributed by atoms with E-state index in [0.29, 0.717) is 49.2 Å². The van der Waals surface area contributed by atoms with E-state index in [0.717, 1.165) is 16.7 Å². The van der Waals surface area contributed by atoms with Crippen LogP contribution in [0.3, 0.4) is 0 Å². The van der Waals surface area contributed by atoms with Crippen LogP contribution in [0.1, 0.15) is 64.7 Å². The molecule has 2 aliphatic rings. The maximum absolute atomic E-state index is 14.1. The van der Waals surface area contributed by atoms with E-state index in [1.807, 2.05) is 71.6 Å². The Kier molecular flexibility index (Phi) is 8.32. The van der Waals surface area contributed by atoms with Gasteiger partial charge in [-0.05, 0) is 67.0 Å². The first-order valence-electron chi connectivity index (χ1n) is 13.5. The molecule has 2 amide bonds. The average Bonchev–Trinajstić information content (AvgIpc) is 2.98. The molecular formula is C32H33ClN2O4. The number of esters is 1. The number of fused-ring (bicyclic) bond motifs is 1. The second kappa shape index (κ2) is 12.0. The highest BCUT2D eigenvalue weighted by Gasteiger charge is 2.47. The van der Waals surface area contributed by atoms with Crippen molar-refractivity contribution < 1.29 is 19.1 Å². The predicted molar refractivity (Wildman–Crippen MR) is 150 cm³/mol. The van der Waals surface area contributed by atoms with E-state index in [-0.39, 0.29) is 29.7 Å². The van der Waals surface area contributed by atoms with Crippen LogP contribution in [-0.4, -0.2) is 42.4 Å². The smallest absolute Gasteiger partial charge is 0.308 e. The first-order chi connectivity index (χ1) is 19.0. The molecule has 0 unspecified atom stereocenters. The Morgan fingerprint density at radius 2 is 1.59 bits per heavy atom. The molecule has 0 aromatic heterocycles. The van der Waals surface area contributed by atoms with Crippen molar-refractivity contribution >= 4 is 29.4 Å². The summed E-state index contributed by atoms with van der Waals surface area (Å²) in [6, 6.07) is 24.3. The van der Waals surface area contributed by atoms with Crippen LogP contribution in [0, 0.1) is 5.92 Å². The van der Waals surface area contributed by atoms with Crippen LogP contribution in [0.5, 0.6) is 0 Å². The van der Waals surface area contributed by atoms with Gasteiger partial charge in [-0.2, -0.15) is 0 Å². The van der Waals surface area contributed by atoms with Crippen LogP contribution < -0.4 is 5.32 Å². The van der Waals surface area contributed by atoms with Crippen LogP contribution in [0.4, 0.5) is 0 Å². The molecule has 0 radical (unpaired) electrons. The molecule has 0 bridgehead atoms. The van der Waals surface area contributed by atoms with Crippen molar-refractivity contribution in [1.29, 1.82) is 0 Å². The van der Waals surface area contributed by atoms with E-state index in [2.05, 4.69) is 5.32 Å². The van der Waals surface area contributed by atoms with E-state index < -0.39 is 12.0 Å². The molecule has 39 heavy (non-hydrogen) atoms. The van der Waals surface area contributed by atoms with Crippen molar-refractivity contribution in [1.82, 2.24) is 10.2 Å². The lowest BCUT2D eigenvalue weighted by Crippen LogP contribution is -2.52. The number of benzene rings is 3. The second-order valence-corrected chi connectivity index (χ2v) is 10.8. The fraction of sp³-hybridized carbons (Fsp3) is 0.344. The fourth-order valence-corrected chi connectivity index (χ4v) is 6.22. The SMILES string of the molecule is COC(=O)C1CCC(N2C(=O)c3ccccc3[C@@H](C(=O)NCCc3ccccc3)[C@@H]2c2ccc(Cl)cc2)CC1. The van der Waals surface area contributed by atoms with E-state index in [1.165, 1.54) is 7.11 Å². The Morgan fingerprint density at radius 3 is 2.28 bits per heavy atom. The fourth-order valence-electron chi connectivity index (χ4n) is 6.09. The number of rotatable bonds is 7. The van der Waals surface area contributed by atoms with Gasteiger partial charge in [-0.25, -0.2) is 0 Å². The lowest BCUT2D eigenvalue weighted by Gasteiger charge is -2.47. The van der Waals surface area contributed by atoms with Crippen LogP contribution in [0.15, 0.2) is 78.9 Å². The molecule has 1 fully saturated rings. The lowest BCUT2D eigenvalue weighted by molar-refractivity contribution is -0.146. The highest BCUT2D eigenvalue weighted by molar-refractivity contribution is 6.30. The Bertz CT molecular complexity index is 1320. The molecule has 0 saturated heterocycles. The highest BCUT2D eigenvalue weighted by atomic mass is 35.5. The van der Waals surface area contributed by atoms with Gasteiger partial charge in [0.15, 0.2) is 0 Å². The molecule has 2 atom stereocenters. The number of carbonyl (C=O) groups excluding carboxylic acids is 3. The van der Waals surface area contributed by atoms with Gasteiger partial charge in [-0.1, -0.05) is 72.3 Å². The Labute approximate surface area is 234 Å². The molecule has 3 aromatic rings. The number of hydrogen-bond donors (Lipinski definition) is 1. The molecular weight excluding hydrogens is 512 g/mol. The molecule has 3 aromatic carbocycles. The maximum Gasteiger partial charge on any atom is 0.308 e. The van der Waals surface area contributed by atoms with Gasteiger partial charge >= 0.3 is 5.97 Å². The van der Waals surface area contributed by atoms with Gasteiger partial charge in [0.1, 0.15) is 0 Å². The highest BCUT2D eigenvalue weighted by Crippen LogP contribution is 2.46. The van der Waals surface area contributed by atoms with Crippen LogP contribution in [0.25, 0.3) is 0 Å². The third-order valence-corrected chi connectivity index (χ3v) is 8.30. The summed E-state index contributed by atoms with van der Waals surface area (Å²) in [5.41, 5.74) is 3.30. The number of hydrogen-bond acceptors (Lipinski definition) is 4.